The summed E-state index contributed by atoms with van der Waals surface area (Å²) in [6.07, 6.45) is 3.45. The predicted molar refractivity (Wildman–Crippen MR) is 82.4 cm³/mol. The number of piperidine rings is 1. The number of carbonyl (C=O) groups is 1. The van der Waals surface area contributed by atoms with E-state index in [1.54, 1.807) is 12.1 Å². The van der Waals surface area contributed by atoms with Crippen molar-refractivity contribution >= 4 is 17.4 Å². The first kappa shape index (κ1) is 15.3. The molecule has 1 amide bonds. The normalized spacial score (nSPS) is 14.6. The van der Waals surface area contributed by atoms with Crippen molar-refractivity contribution in [2.24, 2.45) is 0 Å². The molecular formula is C16H16F2N4O. The number of rotatable bonds is 3. The Morgan fingerprint density at radius 1 is 1.04 bits per heavy atom. The summed E-state index contributed by atoms with van der Waals surface area (Å²) in [6.45, 7) is 1.86. The molecular weight excluding hydrogens is 302 g/mol. The summed E-state index contributed by atoms with van der Waals surface area (Å²) in [5.41, 5.74) is -0.0206. The highest BCUT2D eigenvalue weighted by Gasteiger charge is 2.15. The Labute approximate surface area is 132 Å². The van der Waals surface area contributed by atoms with Gasteiger partial charge in [-0.15, -0.1) is 10.2 Å². The lowest BCUT2D eigenvalue weighted by atomic mass is 10.1. The minimum absolute atomic E-state index is 0.0782. The third-order valence-electron chi connectivity index (χ3n) is 3.74. The molecule has 0 spiro atoms. The Hall–Kier alpha value is -2.57. The van der Waals surface area contributed by atoms with Gasteiger partial charge in [0.25, 0.3) is 5.91 Å². The molecule has 0 aliphatic carbocycles. The van der Waals surface area contributed by atoms with E-state index in [0.29, 0.717) is 6.07 Å². The summed E-state index contributed by atoms with van der Waals surface area (Å²) < 4.78 is 26.4. The van der Waals surface area contributed by atoms with E-state index in [9.17, 15) is 13.6 Å². The maximum atomic E-state index is 13.5. The Kier molecular flexibility index (Phi) is 4.45. The van der Waals surface area contributed by atoms with Gasteiger partial charge < -0.3 is 10.2 Å². The fourth-order valence-corrected chi connectivity index (χ4v) is 2.52. The minimum Gasteiger partial charge on any atom is -0.355 e. The van der Waals surface area contributed by atoms with Gasteiger partial charge in [0.2, 0.25) is 0 Å². The zero-order chi connectivity index (χ0) is 16.2. The predicted octanol–water partition coefficient (Wildman–Crippen LogP) is 3.00. The molecule has 0 saturated carbocycles. The van der Waals surface area contributed by atoms with Crippen LogP contribution in [0.3, 0.4) is 0 Å². The first-order valence-corrected chi connectivity index (χ1v) is 7.48. The largest absolute Gasteiger partial charge is 0.355 e. The number of hydrogen-bond acceptors (Lipinski definition) is 4. The molecule has 3 rings (SSSR count). The van der Waals surface area contributed by atoms with Crippen LogP contribution in [0.1, 0.15) is 29.8 Å². The fraction of sp³-hybridized carbons (Fsp3) is 0.312. The topological polar surface area (TPSA) is 58.1 Å². The van der Waals surface area contributed by atoms with Crippen molar-refractivity contribution in [2.45, 2.75) is 19.3 Å². The van der Waals surface area contributed by atoms with Crippen LogP contribution in [0.5, 0.6) is 0 Å². The third-order valence-corrected chi connectivity index (χ3v) is 3.74. The van der Waals surface area contributed by atoms with Crippen LogP contribution < -0.4 is 10.2 Å². The van der Waals surface area contributed by atoms with Gasteiger partial charge in [-0.3, -0.25) is 4.79 Å². The van der Waals surface area contributed by atoms with E-state index in [0.717, 1.165) is 43.9 Å². The molecule has 0 radical (unpaired) electrons. The van der Waals surface area contributed by atoms with Crippen molar-refractivity contribution in [1.29, 1.82) is 0 Å². The molecule has 1 aliphatic heterocycles. The molecule has 2 aromatic rings. The number of carbonyl (C=O) groups excluding carboxylic acids is 1. The van der Waals surface area contributed by atoms with E-state index in [2.05, 4.69) is 20.4 Å². The van der Waals surface area contributed by atoms with Crippen LogP contribution in [0, 0.1) is 11.6 Å². The van der Waals surface area contributed by atoms with Crippen molar-refractivity contribution < 1.29 is 13.6 Å². The maximum Gasteiger partial charge on any atom is 0.276 e. The van der Waals surface area contributed by atoms with Gasteiger partial charge in [-0.25, -0.2) is 8.78 Å². The molecule has 120 valence electrons. The van der Waals surface area contributed by atoms with Crippen LogP contribution >= 0.6 is 0 Å². The molecule has 2 heterocycles. The lowest BCUT2D eigenvalue weighted by Gasteiger charge is -2.27. The first-order valence-electron chi connectivity index (χ1n) is 7.48. The number of benzene rings is 1. The monoisotopic (exact) mass is 318 g/mol. The lowest BCUT2D eigenvalue weighted by molar-refractivity contribution is 0.102. The van der Waals surface area contributed by atoms with Gasteiger partial charge in [0.05, 0.1) is 5.69 Å². The summed E-state index contributed by atoms with van der Waals surface area (Å²) in [5.74, 6) is -1.40. The van der Waals surface area contributed by atoms with Crippen LogP contribution in [0.2, 0.25) is 0 Å². The molecule has 1 saturated heterocycles. The van der Waals surface area contributed by atoms with Gasteiger partial charge >= 0.3 is 0 Å². The molecule has 1 N–H and O–H groups in total. The van der Waals surface area contributed by atoms with E-state index >= 15 is 0 Å². The molecule has 1 aliphatic rings. The average Bonchev–Trinajstić information content (AvgIpc) is 2.58. The SMILES string of the molecule is O=C(Nc1ccc(F)cc1F)c1ccc(N2CCCCC2)nn1. The second kappa shape index (κ2) is 6.68. The molecule has 1 aromatic heterocycles. The van der Waals surface area contributed by atoms with Crippen molar-refractivity contribution in [3.8, 4) is 0 Å². The lowest BCUT2D eigenvalue weighted by Crippen LogP contribution is -2.30. The quantitative estimate of drug-likeness (QED) is 0.945. The molecule has 23 heavy (non-hydrogen) atoms. The number of amides is 1. The molecule has 0 atom stereocenters. The van der Waals surface area contributed by atoms with Crippen molar-refractivity contribution in [1.82, 2.24) is 10.2 Å². The van der Waals surface area contributed by atoms with E-state index in [1.807, 2.05) is 0 Å². The van der Waals surface area contributed by atoms with Crippen molar-refractivity contribution in [2.75, 3.05) is 23.3 Å². The Morgan fingerprint density at radius 2 is 1.83 bits per heavy atom. The highest BCUT2D eigenvalue weighted by Crippen LogP contribution is 2.18. The number of anilines is 2. The first-order chi connectivity index (χ1) is 11.1. The Morgan fingerprint density at radius 3 is 2.48 bits per heavy atom. The minimum atomic E-state index is -0.837. The molecule has 1 aromatic carbocycles. The standard InChI is InChI=1S/C16H16F2N4O/c17-11-4-5-13(12(18)10-11)19-16(23)14-6-7-15(21-20-14)22-8-2-1-3-9-22/h4-7,10H,1-3,8-9H2,(H,19,23). The van der Waals surface area contributed by atoms with Gasteiger partial charge in [0.15, 0.2) is 11.5 Å². The zero-order valence-corrected chi connectivity index (χ0v) is 12.4. The summed E-state index contributed by atoms with van der Waals surface area (Å²) in [7, 11) is 0. The smallest absolute Gasteiger partial charge is 0.276 e. The van der Waals surface area contributed by atoms with Gasteiger partial charge in [-0.2, -0.15) is 0 Å². The molecule has 7 heteroatoms. The molecule has 0 unspecified atom stereocenters. The highest BCUT2D eigenvalue weighted by atomic mass is 19.1. The average molecular weight is 318 g/mol. The fourth-order valence-electron chi connectivity index (χ4n) is 2.52. The van der Waals surface area contributed by atoms with Crippen LogP contribution in [0.4, 0.5) is 20.3 Å². The summed E-state index contributed by atoms with van der Waals surface area (Å²) >= 11 is 0. The summed E-state index contributed by atoms with van der Waals surface area (Å²) in [6, 6.07) is 6.23. The molecule has 5 nitrogen and oxygen atoms in total. The Bertz CT molecular complexity index is 700. The molecule has 0 bridgehead atoms. The van der Waals surface area contributed by atoms with E-state index in [4.69, 9.17) is 0 Å². The van der Waals surface area contributed by atoms with Gasteiger partial charge in [-0.1, -0.05) is 0 Å². The number of aromatic nitrogens is 2. The van der Waals surface area contributed by atoms with Crippen LogP contribution in [0.15, 0.2) is 30.3 Å². The zero-order valence-electron chi connectivity index (χ0n) is 12.4. The maximum absolute atomic E-state index is 13.5. The van der Waals surface area contributed by atoms with Crippen LogP contribution in [-0.4, -0.2) is 29.2 Å². The number of nitrogens with one attached hydrogen (secondary N) is 1. The summed E-state index contributed by atoms with van der Waals surface area (Å²) in [5, 5.41) is 10.3. The Balaban J connectivity index is 1.69. The highest BCUT2D eigenvalue weighted by molar-refractivity contribution is 6.02. The van der Waals surface area contributed by atoms with Crippen LogP contribution in [-0.2, 0) is 0 Å². The second-order valence-corrected chi connectivity index (χ2v) is 5.40. The van der Waals surface area contributed by atoms with Crippen molar-refractivity contribution in [3.63, 3.8) is 0 Å². The van der Waals surface area contributed by atoms with Gasteiger partial charge in [-0.05, 0) is 43.5 Å². The second-order valence-electron chi connectivity index (χ2n) is 5.40. The third kappa shape index (κ3) is 3.61. The van der Waals surface area contributed by atoms with E-state index in [1.165, 1.54) is 6.42 Å². The van der Waals surface area contributed by atoms with E-state index < -0.39 is 17.5 Å². The van der Waals surface area contributed by atoms with Crippen molar-refractivity contribution in [3.05, 3.63) is 47.7 Å². The number of hydrogen-bond donors (Lipinski definition) is 1. The number of halogens is 2. The number of nitrogens with zero attached hydrogens (tertiary/aromatic N) is 3. The van der Waals surface area contributed by atoms with Gasteiger partial charge in [0, 0.05) is 19.2 Å². The summed E-state index contributed by atoms with van der Waals surface area (Å²) in [4.78, 5) is 14.2. The molecule has 1 fully saturated rings. The van der Waals surface area contributed by atoms with Crippen LogP contribution in [0.25, 0.3) is 0 Å². The van der Waals surface area contributed by atoms with E-state index in [-0.39, 0.29) is 11.4 Å². The van der Waals surface area contributed by atoms with Gasteiger partial charge in [0.1, 0.15) is 11.6 Å².